The number of hydrogen-bond acceptors (Lipinski definition) is 5. The van der Waals surface area contributed by atoms with Crippen LogP contribution in [-0.2, 0) is 9.09 Å². The van der Waals surface area contributed by atoms with Crippen molar-refractivity contribution in [2.24, 2.45) is 0 Å². The highest BCUT2D eigenvalue weighted by Gasteiger charge is 2.50. The quantitative estimate of drug-likeness (QED) is 0.278. The van der Waals surface area contributed by atoms with Crippen LogP contribution < -0.4 is 4.74 Å². The van der Waals surface area contributed by atoms with E-state index < -0.39 is 24.5 Å². The second-order valence-corrected chi connectivity index (χ2v) is 8.99. The lowest BCUT2D eigenvalue weighted by atomic mass is 10.1. The summed E-state index contributed by atoms with van der Waals surface area (Å²) in [5.41, 5.74) is 0.264. The number of halogens is 1. The van der Waals surface area contributed by atoms with Gasteiger partial charge in [0.2, 0.25) is 5.75 Å². The number of para-hydroxylation sites is 1. The molecule has 2 aliphatic heterocycles. The van der Waals surface area contributed by atoms with Crippen molar-refractivity contribution in [2.45, 2.75) is 13.0 Å². The van der Waals surface area contributed by atoms with Crippen LogP contribution in [0.3, 0.4) is 0 Å². The molecule has 1 atom stereocenters. The third-order valence-corrected chi connectivity index (χ3v) is 7.38. The van der Waals surface area contributed by atoms with E-state index in [-0.39, 0.29) is 17.2 Å². The Bertz CT molecular complexity index is 948. The summed E-state index contributed by atoms with van der Waals surface area (Å²) in [6.07, 6.45) is -0.587. The maximum Gasteiger partial charge on any atom is 0.346 e. The molecule has 1 unspecified atom stereocenters. The van der Waals surface area contributed by atoms with Gasteiger partial charge >= 0.3 is 13.4 Å². The zero-order chi connectivity index (χ0) is 19.9. The maximum atomic E-state index is 13.9. The average Bonchev–Trinajstić information content (AvgIpc) is 3.56. The van der Waals surface area contributed by atoms with E-state index in [0.29, 0.717) is 5.56 Å². The molecule has 0 spiro atoms. The van der Waals surface area contributed by atoms with Crippen molar-refractivity contribution < 1.29 is 23.1 Å². The zero-order valence-electron chi connectivity index (χ0n) is 15.2. The van der Waals surface area contributed by atoms with Gasteiger partial charge in [0, 0.05) is 32.2 Å². The lowest BCUT2D eigenvalue weighted by Crippen LogP contribution is -2.10. The van der Waals surface area contributed by atoms with Crippen molar-refractivity contribution in [2.75, 3.05) is 26.2 Å². The standard InChI is InChI=1S/C18H19FN3O5P/c1-13(27-28(25,20-8-9-20)21-10-11-21)14-6-7-16(22(23)24)18(12-14)26-17-5-3-2-4-15(17)19/h2-7,12-13H,8-11H2,1H3. The molecular weight excluding hydrogens is 388 g/mol. The molecule has 0 N–H and O–H groups in total. The summed E-state index contributed by atoms with van der Waals surface area (Å²) >= 11 is 0. The number of rotatable bonds is 8. The summed E-state index contributed by atoms with van der Waals surface area (Å²) in [5.74, 6) is -0.842. The molecule has 2 aromatic carbocycles. The first kappa shape index (κ1) is 19.0. The molecule has 2 aliphatic rings. The highest BCUT2D eigenvalue weighted by atomic mass is 31.2. The number of nitro groups is 1. The summed E-state index contributed by atoms with van der Waals surface area (Å²) in [4.78, 5) is 10.7. The van der Waals surface area contributed by atoms with Gasteiger partial charge in [0.15, 0.2) is 11.6 Å². The van der Waals surface area contributed by atoms with E-state index in [1.54, 1.807) is 22.3 Å². The van der Waals surface area contributed by atoms with Crippen LogP contribution in [0.25, 0.3) is 0 Å². The predicted octanol–water partition coefficient (Wildman–Crippen LogP) is 4.34. The molecular formula is C18H19FN3O5P. The Morgan fingerprint density at radius 3 is 2.32 bits per heavy atom. The summed E-state index contributed by atoms with van der Waals surface area (Å²) in [6, 6.07) is 9.92. The van der Waals surface area contributed by atoms with Crippen LogP contribution in [0.4, 0.5) is 10.1 Å². The van der Waals surface area contributed by atoms with Gasteiger partial charge in [-0.2, -0.15) is 0 Å². The van der Waals surface area contributed by atoms with Gasteiger partial charge in [0.05, 0.1) is 11.0 Å². The first-order valence-corrected chi connectivity index (χ1v) is 10.4. The number of hydrogen-bond donors (Lipinski definition) is 0. The van der Waals surface area contributed by atoms with E-state index in [1.165, 1.54) is 36.4 Å². The molecule has 4 rings (SSSR count). The SMILES string of the molecule is CC(OP(=O)(N1CC1)N1CC1)c1ccc([N+](=O)[O-])c(Oc2ccccc2F)c1. The van der Waals surface area contributed by atoms with Gasteiger partial charge in [-0.25, -0.2) is 13.7 Å². The minimum absolute atomic E-state index is 0.101. The molecule has 0 amide bonds. The van der Waals surface area contributed by atoms with E-state index in [0.717, 1.165) is 26.2 Å². The Morgan fingerprint density at radius 2 is 1.75 bits per heavy atom. The van der Waals surface area contributed by atoms with Crippen molar-refractivity contribution in [3.63, 3.8) is 0 Å². The Kier molecular flexibility index (Phi) is 4.93. The topological polar surface area (TPSA) is 84.7 Å². The first-order chi connectivity index (χ1) is 13.4. The molecule has 148 valence electrons. The second-order valence-electron chi connectivity index (χ2n) is 6.66. The van der Waals surface area contributed by atoms with Crippen molar-refractivity contribution >= 4 is 13.4 Å². The molecule has 2 heterocycles. The van der Waals surface area contributed by atoms with E-state index in [1.807, 2.05) is 0 Å². The van der Waals surface area contributed by atoms with E-state index >= 15 is 0 Å². The molecule has 2 fully saturated rings. The lowest BCUT2D eigenvalue weighted by molar-refractivity contribution is -0.385. The molecule has 0 radical (unpaired) electrons. The van der Waals surface area contributed by atoms with Gasteiger partial charge in [-0.1, -0.05) is 12.1 Å². The van der Waals surface area contributed by atoms with Crippen molar-refractivity contribution in [1.29, 1.82) is 0 Å². The highest BCUT2D eigenvalue weighted by Crippen LogP contribution is 2.63. The Hall–Kier alpha value is -2.32. The fourth-order valence-electron chi connectivity index (χ4n) is 2.84. The van der Waals surface area contributed by atoms with Gasteiger partial charge < -0.3 is 4.74 Å². The third kappa shape index (κ3) is 3.79. The van der Waals surface area contributed by atoms with Crippen molar-refractivity contribution in [1.82, 2.24) is 9.34 Å². The average molecular weight is 407 g/mol. The maximum absolute atomic E-state index is 13.9. The van der Waals surface area contributed by atoms with Crippen molar-refractivity contribution in [3.05, 3.63) is 64.0 Å². The molecule has 0 aliphatic carbocycles. The number of nitrogens with zero attached hydrogens (tertiary/aromatic N) is 3. The predicted molar refractivity (Wildman–Crippen MR) is 99.8 cm³/mol. The largest absolute Gasteiger partial charge is 0.447 e. The molecule has 2 aromatic rings. The molecule has 0 aromatic heterocycles. The first-order valence-electron chi connectivity index (χ1n) is 8.88. The molecule has 28 heavy (non-hydrogen) atoms. The third-order valence-electron chi connectivity index (χ3n) is 4.56. The van der Waals surface area contributed by atoms with Gasteiger partial charge in [0.25, 0.3) is 0 Å². The number of ether oxygens (including phenoxy) is 1. The van der Waals surface area contributed by atoms with Gasteiger partial charge in [-0.05, 0) is 36.8 Å². The van der Waals surface area contributed by atoms with Crippen LogP contribution >= 0.6 is 7.67 Å². The van der Waals surface area contributed by atoms with E-state index in [4.69, 9.17) is 9.26 Å². The van der Waals surface area contributed by atoms with Crippen LogP contribution in [0.2, 0.25) is 0 Å². The zero-order valence-corrected chi connectivity index (χ0v) is 16.0. The summed E-state index contributed by atoms with van der Waals surface area (Å²) in [7, 11) is -3.05. The van der Waals surface area contributed by atoms with Crippen LogP contribution in [0.15, 0.2) is 42.5 Å². The van der Waals surface area contributed by atoms with E-state index in [9.17, 15) is 19.1 Å². The van der Waals surface area contributed by atoms with Gasteiger partial charge in [-0.3, -0.25) is 19.2 Å². The Morgan fingerprint density at radius 1 is 1.11 bits per heavy atom. The summed E-state index contributed by atoms with van der Waals surface area (Å²) < 4.78 is 42.0. The second kappa shape index (κ2) is 7.25. The van der Waals surface area contributed by atoms with Gasteiger partial charge in [0.1, 0.15) is 0 Å². The molecule has 2 saturated heterocycles. The summed E-state index contributed by atoms with van der Waals surface area (Å²) in [5, 5.41) is 11.3. The monoisotopic (exact) mass is 407 g/mol. The lowest BCUT2D eigenvalue weighted by Gasteiger charge is -2.24. The molecule has 10 heteroatoms. The molecule has 0 saturated carbocycles. The highest BCUT2D eigenvalue weighted by molar-refractivity contribution is 7.54. The Balaban J connectivity index is 1.61. The normalized spacial score (nSPS) is 17.9. The number of nitro benzene ring substituents is 1. The van der Waals surface area contributed by atoms with E-state index in [2.05, 4.69) is 0 Å². The fourth-order valence-corrected chi connectivity index (χ4v) is 5.18. The van der Waals surface area contributed by atoms with Crippen LogP contribution in [0.5, 0.6) is 11.5 Å². The minimum Gasteiger partial charge on any atom is -0.447 e. The fraction of sp³-hybridized carbons (Fsp3) is 0.333. The Labute approximate surface area is 161 Å². The number of benzene rings is 2. The molecule has 0 bridgehead atoms. The molecule has 8 nitrogen and oxygen atoms in total. The van der Waals surface area contributed by atoms with Crippen LogP contribution in [0.1, 0.15) is 18.6 Å². The minimum atomic E-state index is -3.05. The summed E-state index contributed by atoms with van der Waals surface area (Å²) in [6.45, 7) is 4.63. The van der Waals surface area contributed by atoms with Crippen LogP contribution in [0, 0.1) is 15.9 Å². The smallest absolute Gasteiger partial charge is 0.346 e. The van der Waals surface area contributed by atoms with Gasteiger partial charge in [-0.15, -0.1) is 0 Å². The van der Waals surface area contributed by atoms with Crippen molar-refractivity contribution in [3.8, 4) is 11.5 Å². The van der Waals surface area contributed by atoms with Crippen LogP contribution in [-0.4, -0.2) is 40.4 Å².